The van der Waals surface area contributed by atoms with Crippen molar-refractivity contribution in [3.8, 4) is 5.82 Å². The van der Waals surface area contributed by atoms with E-state index in [0.29, 0.717) is 24.1 Å². The predicted octanol–water partition coefficient (Wildman–Crippen LogP) is 4.78. The van der Waals surface area contributed by atoms with Crippen molar-refractivity contribution in [2.75, 3.05) is 6.54 Å². The molecule has 0 aliphatic heterocycles. The number of halogens is 4. The maximum atomic E-state index is 13.1. The molecule has 14 heteroatoms. The highest BCUT2D eigenvalue weighted by Crippen LogP contribution is 2.28. The minimum absolute atomic E-state index is 0.0445. The van der Waals surface area contributed by atoms with Crippen LogP contribution in [0, 0.1) is 0 Å². The number of hydrazine groups is 1. The van der Waals surface area contributed by atoms with Crippen LogP contribution in [0.15, 0.2) is 50.1 Å². The third-order valence-corrected chi connectivity index (χ3v) is 6.31. The maximum absolute atomic E-state index is 13.1. The normalized spacial score (nSPS) is 10.6. The highest BCUT2D eigenvalue weighted by atomic mass is 79.9. The molecule has 3 aromatic rings. The molecule has 2 aromatic heterocycles. The average molecular weight is 680 g/mol. The number of rotatable bonds is 6. The van der Waals surface area contributed by atoms with Crippen LogP contribution in [0.2, 0.25) is 5.02 Å². The summed E-state index contributed by atoms with van der Waals surface area (Å²) in [6.07, 6.45) is 0.158. The molecule has 3 N–H and O–H groups in total. The van der Waals surface area contributed by atoms with Gasteiger partial charge < -0.3 is 10.4 Å². The monoisotopic (exact) mass is 676 g/mol. The molecule has 0 saturated heterocycles. The Labute approximate surface area is 224 Å². The first-order chi connectivity index (χ1) is 16.1. The van der Waals surface area contributed by atoms with Crippen molar-refractivity contribution in [3.05, 3.63) is 71.9 Å². The second-order valence-corrected chi connectivity index (χ2v) is 9.63. The quantitative estimate of drug-likeness (QED) is 0.322. The first-order valence-corrected chi connectivity index (χ1v) is 12.3. The number of nitrogens with zero attached hydrogens (tertiary/aromatic N) is 4. The second-order valence-electron chi connectivity index (χ2n) is 6.64. The molecule has 3 amide bonds. The maximum Gasteiger partial charge on any atom is 0.423 e. The molecule has 1 aromatic carbocycles. The molecule has 0 bridgehead atoms. The van der Waals surface area contributed by atoms with Crippen molar-refractivity contribution in [3.63, 3.8) is 0 Å². The van der Waals surface area contributed by atoms with Crippen molar-refractivity contribution in [2.24, 2.45) is 0 Å². The smallest absolute Gasteiger partial charge is 0.423 e. The van der Waals surface area contributed by atoms with Crippen LogP contribution in [0.25, 0.3) is 5.82 Å². The number of nitrogens with one attached hydrogen (secondary N) is 2. The van der Waals surface area contributed by atoms with Gasteiger partial charge in [-0.3, -0.25) is 9.59 Å². The molecule has 0 unspecified atom stereocenters. The van der Waals surface area contributed by atoms with Gasteiger partial charge in [-0.2, -0.15) is 5.10 Å². The first kappa shape index (κ1) is 26.1. The minimum atomic E-state index is -1.37. The lowest BCUT2D eigenvalue weighted by Crippen LogP contribution is -2.45. The summed E-state index contributed by atoms with van der Waals surface area (Å²) in [5, 5.41) is 17.3. The van der Waals surface area contributed by atoms with Gasteiger partial charge in [0.15, 0.2) is 5.82 Å². The van der Waals surface area contributed by atoms with Gasteiger partial charge in [0.05, 0.1) is 5.02 Å². The van der Waals surface area contributed by atoms with Crippen LogP contribution >= 0.6 is 59.4 Å². The molecular weight excluding hydrogens is 663 g/mol. The fourth-order valence-corrected chi connectivity index (χ4v) is 4.92. The third-order valence-electron chi connectivity index (χ3n) is 4.46. The largest absolute Gasteiger partial charge is 0.464 e. The standard InChI is InChI=1S/C20H16Br3ClN6O4/c1-2-29(28-20(33)34)19(32)11-6-10(21)7-13(22)12(11)9-26-18(31)15-8-16(23)27-30(15)17-14(24)4-3-5-25-17/h3-8,28H,2,9H2,1H3,(H,26,31)(H,33,34). The third kappa shape index (κ3) is 5.95. The van der Waals surface area contributed by atoms with E-state index in [0.717, 1.165) is 5.01 Å². The Hall–Kier alpha value is -2.48. The van der Waals surface area contributed by atoms with E-state index in [-0.39, 0.29) is 30.2 Å². The van der Waals surface area contributed by atoms with Gasteiger partial charge in [0, 0.05) is 39.9 Å². The molecular formula is C20H16Br3ClN6O4. The van der Waals surface area contributed by atoms with E-state index in [2.05, 4.69) is 68.6 Å². The van der Waals surface area contributed by atoms with Crippen molar-refractivity contribution >= 4 is 77.3 Å². The zero-order valence-corrected chi connectivity index (χ0v) is 22.9. The van der Waals surface area contributed by atoms with Gasteiger partial charge in [-0.1, -0.05) is 43.5 Å². The summed E-state index contributed by atoms with van der Waals surface area (Å²) in [6.45, 7) is 1.68. The Kier molecular flexibility index (Phi) is 8.68. The fraction of sp³-hybridized carbons (Fsp3) is 0.150. The molecule has 3 rings (SSSR count). The number of carbonyl (C=O) groups is 3. The van der Waals surface area contributed by atoms with Gasteiger partial charge in [0.25, 0.3) is 11.8 Å². The van der Waals surface area contributed by atoms with E-state index in [1.54, 1.807) is 31.2 Å². The molecule has 0 saturated carbocycles. The number of amides is 3. The van der Waals surface area contributed by atoms with Crippen LogP contribution in [0.5, 0.6) is 0 Å². The molecule has 178 valence electrons. The fourth-order valence-electron chi connectivity index (χ4n) is 2.98. The molecule has 0 aliphatic rings. The topological polar surface area (TPSA) is 129 Å². The van der Waals surface area contributed by atoms with Crippen LogP contribution in [0.1, 0.15) is 33.3 Å². The van der Waals surface area contributed by atoms with E-state index in [1.165, 1.54) is 16.9 Å². The molecule has 34 heavy (non-hydrogen) atoms. The number of benzene rings is 1. The summed E-state index contributed by atoms with van der Waals surface area (Å²) >= 11 is 16.2. The Morgan fingerprint density at radius 2 is 1.94 bits per heavy atom. The van der Waals surface area contributed by atoms with Crippen LogP contribution in [0.4, 0.5) is 4.79 Å². The van der Waals surface area contributed by atoms with Gasteiger partial charge >= 0.3 is 6.09 Å². The highest BCUT2D eigenvalue weighted by molar-refractivity contribution is 9.11. The van der Waals surface area contributed by atoms with Crippen LogP contribution < -0.4 is 10.7 Å². The Bertz CT molecular complexity index is 1270. The summed E-state index contributed by atoms with van der Waals surface area (Å²) in [5.41, 5.74) is 2.87. The van der Waals surface area contributed by atoms with E-state index >= 15 is 0 Å². The van der Waals surface area contributed by atoms with E-state index in [9.17, 15) is 14.4 Å². The zero-order valence-electron chi connectivity index (χ0n) is 17.4. The highest BCUT2D eigenvalue weighted by Gasteiger charge is 2.23. The van der Waals surface area contributed by atoms with Crippen LogP contribution in [0.3, 0.4) is 0 Å². The summed E-state index contributed by atoms with van der Waals surface area (Å²) < 4.78 is 2.84. The average Bonchev–Trinajstić information content (AvgIpc) is 3.17. The van der Waals surface area contributed by atoms with Gasteiger partial charge in [-0.15, -0.1) is 0 Å². The Morgan fingerprint density at radius 1 is 1.21 bits per heavy atom. The van der Waals surface area contributed by atoms with Crippen LogP contribution in [-0.4, -0.2) is 49.3 Å². The molecule has 0 spiro atoms. The number of aromatic nitrogens is 3. The molecule has 0 aliphatic carbocycles. The number of carboxylic acid groups (broad SMARTS) is 1. The van der Waals surface area contributed by atoms with E-state index in [1.807, 2.05) is 0 Å². The lowest BCUT2D eigenvalue weighted by Gasteiger charge is -2.22. The van der Waals surface area contributed by atoms with E-state index < -0.39 is 17.9 Å². The first-order valence-electron chi connectivity index (χ1n) is 9.56. The Morgan fingerprint density at radius 3 is 2.59 bits per heavy atom. The summed E-state index contributed by atoms with van der Waals surface area (Å²) in [4.78, 5) is 41.3. The summed E-state index contributed by atoms with van der Waals surface area (Å²) in [5.74, 6) is -0.799. The molecule has 0 atom stereocenters. The predicted molar refractivity (Wildman–Crippen MR) is 135 cm³/mol. The zero-order chi connectivity index (χ0) is 25.0. The van der Waals surface area contributed by atoms with Gasteiger partial charge in [0.2, 0.25) is 0 Å². The molecule has 0 fully saturated rings. The van der Waals surface area contributed by atoms with Crippen LogP contribution in [-0.2, 0) is 6.54 Å². The van der Waals surface area contributed by atoms with Gasteiger partial charge in [0.1, 0.15) is 10.3 Å². The van der Waals surface area contributed by atoms with Crippen molar-refractivity contribution < 1.29 is 19.5 Å². The van der Waals surface area contributed by atoms with Gasteiger partial charge in [-0.05, 0) is 52.7 Å². The number of pyridine rings is 1. The molecule has 2 heterocycles. The number of carbonyl (C=O) groups excluding carboxylic acids is 2. The summed E-state index contributed by atoms with van der Waals surface area (Å²) in [7, 11) is 0. The minimum Gasteiger partial charge on any atom is -0.464 e. The van der Waals surface area contributed by atoms with E-state index in [4.69, 9.17) is 16.7 Å². The van der Waals surface area contributed by atoms with Crippen molar-refractivity contribution in [1.29, 1.82) is 0 Å². The second kappa shape index (κ2) is 11.3. The van der Waals surface area contributed by atoms with Gasteiger partial charge in [-0.25, -0.2) is 24.9 Å². The molecule has 0 radical (unpaired) electrons. The summed E-state index contributed by atoms with van der Waals surface area (Å²) in [6, 6.07) is 8.07. The van der Waals surface area contributed by atoms with Crippen molar-refractivity contribution in [1.82, 2.24) is 30.5 Å². The lowest BCUT2D eigenvalue weighted by molar-refractivity contribution is 0.0659. The molecule has 10 nitrogen and oxygen atoms in total. The lowest BCUT2D eigenvalue weighted by atomic mass is 10.1. The SMILES string of the molecule is CCN(NC(=O)O)C(=O)c1cc(Br)cc(Br)c1CNC(=O)c1cc(Br)nn1-c1ncccc1Cl. The number of hydrogen-bond acceptors (Lipinski definition) is 5. The Balaban J connectivity index is 1.91. The van der Waals surface area contributed by atoms with Crippen molar-refractivity contribution in [2.45, 2.75) is 13.5 Å². The number of hydrogen-bond donors (Lipinski definition) is 3.